The number of amides is 1. The van der Waals surface area contributed by atoms with Gasteiger partial charge in [-0.3, -0.25) is 9.69 Å². The topological polar surface area (TPSA) is 52.6 Å². The summed E-state index contributed by atoms with van der Waals surface area (Å²) in [4.78, 5) is 14.0. The van der Waals surface area contributed by atoms with E-state index in [-0.39, 0.29) is 12.5 Å². The number of nitrogens with zero attached hydrogens (tertiary/aromatic N) is 1. The fourth-order valence-electron chi connectivity index (χ4n) is 2.80. The van der Waals surface area contributed by atoms with Gasteiger partial charge in [-0.25, -0.2) is 0 Å². The Bertz CT molecular complexity index is 294. The second-order valence-electron chi connectivity index (χ2n) is 5.69. The molecular weight excluding hydrogens is 240 g/mol. The quantitative estimate of drug-likeness (QED) is 0.686. The van der Waals surface area contributed by atoms with Gasteiger partial charge in [0.1, 0.15) is 0 Å². The third-order valence-corrected chi connectivity index (χ3v) is 4.22. The molecular formula is C15H28N2O2. The highest BCUT2D eigenvalue weighted by Gasteiger charge is 2.28. The monoisotopic (exact) mass is 268 g/mol. The summed E-state index contributed by atoms with van der Waals surface area (Å²) in [6.07, 6.45) is 5.30. The van der Waals surface area contributed by atoms with Gasteiger partial charge < -0.3 is 10.4 Å². The first-order valence-electron chi connectivity index (χ1n) is 7.32. The summed E-state index contributed by atoms with van der Waals surface area (Å²) in [5.41, 5.74) is 0. The fraction of sp³-hybridized carbons (Fsp3) is 0.800. The number of hydrogen-bond donors (Lipinski definition) is 2. The van der Waals surface area contributed by atoms with Crippen LogP contribution in [0.5, 0.6) is 0 Å². The van der Waals surface area contributed by atoms with Crippen LogP contribution in [0.4, 0.5) is 0 Å². The minimum atomic E-state index is 0.0567. The Hall–Kier alpha value is -0.870. The zero-order valence-electron chi connectivity index (χ0n) is 12.3. The highest BCUT2D eigenvalue weighted by atomic mass is 16.3. The third kappa shape index (κ3) is 5.33. The van der Waals surface area contributed by atoms with Crippen molar-refractivity contribution in [1.82, 2.24) is 10.2 Å². The summed E-state index contributed by atoms with van der Waals surface area (Å²) in [6, 6.07) is 0.302. The van der Waals surface area contributed by atoms with E-state index in [9.17, 15) is 4.79 Å². The second-order valence-corrected chi connectivity index (χ2v) is 5.69. The maximum Gasteiger partial charge on any atom is 0.234 e. The predicted octanol–water partition coefficient (Wildman–Crippen LogP) is 1.41. The summed E-state index contributed by atoms with van der Waals surface area (Å²) < 4.78 is 0. The van der Waals surface area contributed by atoms with Gasteiger partial charge in [-0.2, -0.15) is 0 Å². The molecule has 0 aromatic rings. The smallest absolute Gasteiger partial charge is 0.234 e. The summed E-state index contributed by atoms with van der Waals surface area (Å²) in [6.45, 7) is 9.71. The van der Waals surface area contributed by atoms with Crippen molar-refractivity contribution in [1.29, 1.82) is 0 Å². The lowest BCUT2D eigenvalue weighted by atomic mass is 9.78. The van der Waals surface area contributed by atoms with Crippen LogP contribution >= 0.6 is 0 Å². The van der Waals surface area contributed by atoms with E-state index in [2.05, 4.69) is 25.7 Å². The van der Waals surface area contributed by atoms with Crippen LogP contribution in [-0.4, -0.2) is 48.2 Å². The number of carbonyl (C=O) groups excluding carboxylic acids is 1. The largest absolute Gasteiger partial charge is 0.395 e. The van der Waals surface area contributed by atoms with Crippen molar-refractivity contribution in [2.24, 2.45) is 11.8 Å². The van der Waals surface area contributed by atoms with E-state index in [4.69, 9.17) is 5.11 Å². The maximum atomic E-state index is 12.1. The Morgan fingerprint density at radius 2 is 2.21 bits per heavy atom. The van der Waals surface area contributed by atoms with E-state index < -0.39 is 0 Å². The van der Waals surface area contributed by atoms with Gasteiger partial charge >= 0.3 is 0 Å². The number of carbonyl (C=O) groups is 1. The molecule has 1 amide bonds. The van der Waals surface area contributed by atoms with Crippen molar-refractivity contribution in [3.8, 4) is 0 Å². The fourth-order valence-corrected chi connectivity index (χ4v) is 2.80. The van der Waals surface area contributed by atoms with Gasteiger partial charge in [-0.05, 0) is 18.3 Å². The first-order valence-corrected chi connectivity index (χ1v) is 7.32. The molecule has 0 aromatic heterocycles. The Kier molecular flexibility index (Phi) is 7.10. The van der Waals surface area contributed by atoms with Gasteiger partial charge in [0, 0.05) is 19.1 Å². The van der Waals surface area contributed by atoms with Gasteiger partial charge in [0.25, 0.3) is 0 Å². The van der Waals surface area contributed by atoms with Crippen LogP contribution < -0.4 is 5.32 Å². The lowest BCUT2D eigenvalue weighted by Crippen LogP contribution is -2.47. The molecule has 4 heteroatoms. The third-order valence-electron chi connectivity index (χ3n) is 4.22. The first kappa shape index (κ1) is 16.2. The molecule has 19 heavy (non-hydrogen) atoms. The molecule has 110 valence electrons. The normalized spacial score (nSPS) is 27.3. The van der Waals surface area contributed by atoms with E-state index in [0.29, 0.717) is 37.5 Å². The summed E-state index contributed by atoms with van der Waals surface area (Å²) in [5, 5.41) is 12.1. The lowest BCUT2D eigenvalue weighted by Gasteiger charge is -2.35. The molecule has 0 saturated heterocycles. The molecule has 1 saturated carbocycles. The van der Waals surface area contributed by atoms with Crippen molar-refractivity contribution < 1.29 is 9.90 Å². The van der Waals surface area contributed by atoms with E-state index in [1.807, 2.05) is 4.90 Å². The van der Waals surface area contributed by atoms with E-state index in [0.717, 1.165) is 6.42 Å². The molecule has 0 aliphatic heterocycles. The van der Waals surface area contributed by atoms with Crippen LogP contribution in [0, 0.1) is 11.8 Å². The van der Waals surface area contributed by atoms with Crippen molar-refractivity contribution in [3.05, 3.63) is 12.7 Å². The molecule has 3 atom stereocenters. The van der Waals surface area contributed by atoms with Crippen LogP contribution in [0.25, 0.3) is 0 Å². The van der Waals surface area contributed by atoms with Crippen LogP contribution in [-0.2, 0) is 4.79 Å². The first-order chi connectivity index (χ1) is 9.08. The summed E-state index contributed by atoms with van der Waals surface area (Å²) in [7, 11) is 0. The molecule has 0 radical (unpaired) electrons. The molecule has 0 aromatic carbocycles. The number of aliphatic hydroxyl groups excluding tert-OH is 1. The molecule has 0 spiro atoms. The van der Waals surface area contributed by atoms with Gasteiger partial charge in [0.05, 0.1) is 13.2 Å². The molecule has 4 nitrogen and oxygen atoms in total. The highest BCUT2D eigenvalue weighted by Crippen LogP contribution is 2.29. The Morgan fingerprint density at radius 3 is 2.84 bits per heavy atom. The zero-order valence-corrected chi connectivity index (χ0v) is 12.3. The molecule has 1 fully saturated rings. The Balaban J connectivity index is 2.42. The number of rotatable bonds is 7. The second kappa shape index (κ2) is 8.33. The summed E-state index contributed by atoms with van der Waals surface area (Å²) >= 11 is 0. The number of nitrogens with one attached hydrogen (secondary N) is 1. The van der Waals surface area contributed by atoms with Gasteiger partial charge in [0.15, 0.2) is 0 Å². The van der Waals surface area contributed by atoms with Crippen molar-refractivity contribution in [2.45, 2.75) is 39.2 Å². The minimum Gasteiger partial charge on any atom is -0.395 e. The summed E-state index contributed by atoms with van der Waals surface area (Å²) in [5.74, 6) is 1.28. The van der Waals surface area contributed by atoms with Crippen molar-refractivity contribution in [2.75, 3.05) is 26.2 Å². The van der Waals surface area contributed by atoms with Crippen LogP contribution in [0.15, 0.2) is 12.7 Å². The molecule has 0 bridgehead atoms. The Morgan fingerprint density at radius 1 is 1.47 bits per heavy atom. The Labute approximate surface area is 116 Å². The predicted molar refractivity (Wildman–Crippen MR) is 77.8 cm³/mol. The maximum absolute atomic E-state index is 12.1. The van der Waals surface area contributed by atoms with Gasteiger partial charge in [-0.15, -0.1) is 6.58 Å². The lowest BCUT2D eigenvalue weighted by molar-refractivity contribution is -0.123. The standard InChI is InChI=1S/C15H28N2O2/c1-4-8-17(9-10-18)11-15(19)16-14-7-5-6-12(2)13(14)3/h4,12-14,18H,1,5-11H2,2-3H3,(H,16,19). The van der Waals surface area contributed by atoms with E-state index >= 15 is 0 Å². The number of hydrogen-bond acceptors (Lipinski definition) is 3. The van der Waals surface area contributed by atoms with Crippen molar-refractivity contribution in [3.63, 3.8) is 0 Å². The molecule has 2 N–H and O–H groups in total. The molecule has 1 aliphatic carbocycles. The van der Waals surface area contributed by atoms with Crippen LogP contribution in [0.2, 0.25) is 0 Å². The van der Waals surface area contributed by atoms with Gasteiger partial charge in [-0.1, -0.05) is 32.8 Å². The van der Waals surface area contributed by atoms with Crippen molar-refractivity contribution >= 4 is 5.91 Å². The zero-order chi connectivity index (χ0) is 14.3. The van der Waals surface area contributed by atoms with Gasteiger partial charge in [0.2, 0.25) is 5.91 Å². The molecule has 0 heterocycles. The molecule has 1 aliphatic rings. The average molecular weight is 268 g/mol. The van der Waals surface area contributed by atoms with E-state index in [1.165, 1.54) is 12.8 Å². The van der Waals surface area contributed by atoms with E-state index in [1.54, 1.807) is 6.08 Å². The molecule has 1 rings (SSSR count). The SMILES string of the molecule is C=CCN(CCO)CC(=O)NC1CCCC(C)C1C. The van der Waals surface area contributed by atoms with Crippen LogP contribution in [0.1, 0.15) is 33.1 Å². The number of aliphatic hydroxyl groups is 1. The average Bonchev–Trinajstić information content (AvgIpc) is 2.35. The minimum absolute atomic E-state index is 0.0567. The van der Waals surface area contributed by atoms with Crippen LogP contribution in [0.3, 0.4) is 0 Å². The molecule has 3 unspecified atom stereocenters. The highest BCUT2D eigenvalue weighted by molar-refractivity contribution is 5.78.